The monoisotopic (exact) mass is 293 g/mol. The van der Waals surface area contributed by atoms with Crippen LogP contribution in [-0.2, 0) is 11.4 Å². The van der Waals surface area contributed by atoms with Crippen molar-refractivity contribution in [2.24, 2.45) is 5.16 Å². The molecule has 0 atom stereocenters. The molecule has 1 heterocycles. The maximum Gasteiger partial charge on any atom is 0.179 e. The molecule has 98 valence electrons. The number of benzene rings is 1. The lowest BCUT2D eigenvalue weighted by Gasteiger charge is -1.98. The Kier molecular flexibility index (Phi) is 5.12. The van der Waals surface area contributed by atoms with Crippen LogP contribution < -0.4 is 0 Å². The normalized spacial score (nSPS) is 10.8. The first-order chi connectivity index (χ1) is 9.27. The Morgan fingerprint density at radius 2 is 2.11 bits per heavy atom. The van der Waals surface area contributed by atoms with Crippen LogP contribution in [0, 0.1) is 0 Å². The molecule has 19 heavy (non-hydrogen) atoms. The van der Waals surface area contributed by atoms with Crippen molar-refractivity contribution in [1.29, 1.82) is 0 Å². The van der Waals surface area contributed by atoms with Crippen molar-refractivity contribution in [3.05, 3.63) is 57.2 Å². The summed E-state index contributed by atoms with van der Waals surface area (Å²) in [7, 11) is 0. The summed E-state index contributed by atoms with van der Waals surface area (Å²) in [4.78, 5) is 17.4. The highest BCUT2D eigenvalue weighted by Crippen LogP contribution is 2.22. The number of hydrogen-bond donors (Lipinski definition) is 0. The maximum atomic E-state index is 11.7. The number of nitrogens with zero attached hydrogens (tertiary/aromatic N) is 1. The second-order valence-electron chi connectivity index (χ2n) is 3.77. The van der Waals surface area contributed by atoms with E-state index in [4.69, 9.17) is 16.4 Å². The third-order valence-electron chi connectivity index (χ3n) is 2.37. The quantitative estimate of drug-likeness (QED) is 0.455. The van der Waals surface area contributed by atoms with Crippen molar-refractivity contribution < 1.29 is 9.63 Å². The fourth-order valence-corrected chi connectivity index (χ4v) is 2.56. The summed E-state index contributed by atoms with van der Waals surface area (Å²) < 4.78 is 0. The van der Waals surface area contributed by atoms with E-state index in [9.17, 15) is 4.79 Å². The molecule has 1 aromatic carbocycles. The van der Waals surface area contributed by atoms with Gasteiger partial charge < -0.3 is 4.84 Å². The van der Waals surface area contributed by atoms with Crippen molar-refractivity contribution in [1.82, 2.24) is 0 Å². The molecule has 2 aromatic rings. The molecular weight excluding hydrogens is 282 g/mol. The van der Waals surface area contributed by atoms with E-state index in [-0.39, 0.29) is 12.2 Å². The van der Waals surface area contributed by atoms with Crippen LogP contribution in [0.5, 0.6) is 0 Å². The average Bonchev–Trinajstić information content (AvgIpc) is 2.86. The van der Waals surface area contributed by atoms with E-state index in [1.54, 1.807) is 11.4 Å². The van der Waals surface area contributed by atoms with Gasteiger partial charge in [-0.3, -0.25) is 4.79 Å². The molecule has 0 aliphatic rings. The van der Waals surface area contributed by atoms with E-state index in [1.807, 2.05) is 30.3 Å². The second kappa shape index (κ2) is 7.07. The van der Waals surface area contributed by atoms with Gasteiger partial charge in [0.25, 0.3) is 0 Å². The van der Waals surface area contributed by atoms with Crippen LogP contribution in [0.25, 0.3) is 0 Å². The molecule has 0 radical (unpaired) electrons. The van der Waals surface area contributed by atoms with Crippen LogP contribution in [-0.4, -0.2) is 12.0 Å². The van der Waals surface area contributed by atoms with Crippen molar-refractivity contribution in [2.75, 3.05) is 0 Å². The van der Waals surface area contributed by atoms with Gasteiger partial charge >= 0.3 is 0 Å². The minimum atomic E-state index is -0.0490. The molecule has 0 N–H and O–H groups in total. The Morgan fingerprint density at radius 3 is 2.79 bits per heavy atom. The number of rotatable bonds is 6. The van der Waals surface area contributed by atoms with Gasteiger partial charge in [-0.1, -0.05) is 47.1 Å². The highest BCUT2D eigenvalue weighted by molar-refractivity contribution is 7.12. The largest absolute Gasteiger partial charge is 0.391 e. The van der Waals surface area contributed by atoms with E-state index in [2.05, 4.69) is 5.16 Å². The fourth-order valence-electron chi connectivity index (χ4n) is 1.44. The predicted molar refractivity (Wildman–Crippen MR) is 78.0 cm³/mol. The molecule has 1 aromatic heterocycles. The van der Waals surface area contributed by atoms with Gasteiger partial charge in [0.05, 0.1) is 22.5 Å². The molecular formula is C14H12ClNO2S. The van der Waals surface area contributed by atoms with Gasteiger partial charge in [0.2, 0.25) is 0 Å². The van der Waals surface area contributed by atoms with Gasteiger partial charge in [-0.25, -0.2) is 0 Å². The summed E-state index contributed by atoms with van der Waals surface area (Å²) in [5.74, 6) is -0.0490. The first kappa shape index (κ1) is 13.8. The van der Waals surface area contributed by atoms with Crippen molar-refractivity contribution in [3.8, 4) is 0 Å². The topological polar surface area (TPSA) is 38.7 Å². The van der Waals surface area contributed by atoms with Crippen molar-refractivity contribution in [2.45, 2.75) is 13.0 Å². The Balaban J connectivity index is 1.75. The lowest BCUT2D eigenvalue weighted by Crippen LogP contribution is -1.97. The summed E-state index contributed by atoms with van der Waals surface area (Å²) in [6, 6.07) is 11.4. The number of halogens is 1. The van der Waals surface area contributed by atoms with Crippen LogP contribution in [0.1, 0.15) is 21.7 Å². The molecule has 3 nitrogen and oxygen atoms in total. The fraction of sp³-hybridized carbons (Fsp3) is 0.143. The van der Waals surface area contributed by atoms with Gasteiger partial charge in [-0.2, -0.15) is 0 Å². The van der Waals surface area contributed by atoms with Gasteiger partial charge in [0.15, 0.2) is 5.78 Å². The van der Waals surface area contributed by atoms with E-state index in [0.29, 0.717) is 16.5 Å². The number of carbonyl (C=O) groups excluding carboxylic acids is 1. The van der Waals surface area contributed by atoms with Crippen molar-refractivity contribution >= 4 is 34.9 Å². The SMILES string of the molecule is O=C(C/C=N/OCc1ccccc1)c1sccc1Cl. The minimum Gasteiger partial charge on any atom is -0.391 e. The third-order valence-corrected chi connectivity index (χ3v) is 3.75. The minimum absolute atomic E-state index is 0.0490. The van der Waals surface area contributed by atoms with Crippen molar-refractivity contribution in [3.63, 3.8) is 0 Å². The van der Waals surface area contributed by atoms with Crippen LogP contribution in [0.4, 0.5) is 0 Å². The summed E-state index contributed by atoms with van der Waals surface area (Å²) in [5, 5.41) is 6.05. The summed E-state index contributed by atoms with van der Waals surface area (Å²) in [6.07, 6.45) is 1.65. The highest BCUT2D eigenvalue weighted by Gasteiger charge is 2.10. The standard InChI is InChI=1S/C14H12ClNO2S/c15-12-7-9-19-14(12)13(17)6-8-16-18-10-11-4-2-1-3-5-11/h1-5,7-9H,6,10H2/b16-8+. The lowest BCUT2D eigenvalue weighted by molar-refractivity contribution is 0.1000. The molecule has 0 saturated heterocycles. The van der Waals surface area contributed by atoms with E-state index >= 15 is 0 Å². The molecule has 0 saturated carbocycles. The van der Waals surface area contributed by atoms with E-state index < -0.39 is 0 Å². The second-order valence-corrected chi connectivity index (χ2v) is 5.10. The summed E-state index contributed by atoms with van der Waals surface area (Å²) in [6.45, 7) is 0.394. The van der Waals surface area contributed by atoms with Gasteiger partial charge in [-0.15, -0.1) is 11.3 Å². The number of hydrogen-bond acceptors (Lipinski definition) is 4. The number of carbonyl (C=O) groups is 1. The number of oxime groups is 1. The smallest absolute Gasteiger partial charge is 0.179 e. The predicted octanol–water partition coefficient (Wildman–Crippen LogP) is 4.18. The molecule has 0 bridgehead atoms. The molecule has 0 amide bonds. The zero-order valence-corrected chi connectivity index (χ0v) is 11.7. The van der Waals surface area contributed by atoms with E-state index in [0.717, 1.165) is 5.56 Å². The molecule has 0 aliphatic heterocycles. The molecule has 0 unspecified atom stereocenters. The van der Waals surface area contributed by atoms with Crippen LogP contribution in [0.2, 0.25) is 5.02 Å². The molecule has 0 spiro atoms. The van der Waals surface area contributed by atoms with Gasteiger partial charge in [0.1, 0.15) is 6.61 Å². The van der Waals surface area contributed by atoms with Crippen LogP contribution in [0.3, 0.4) is 0 Å². The maximum absolute atomic E-state index is 11.7. The van der Waals surface area contributed by atoms with E-state index in [1.165, 1.54) is 17.6 Å². The first-order valence-corrected chi connectivity index (χ1v) is 6.97. The number of Topliss-reactive ketones (excluding diaryl/α,β-unsaturated/α-hetero) is 1. The third kappa shape index (κ3) is 4.19. The molecule has 0 fully saturated rings. The Bertz CT molecular complexity index is 566. The molecule has 0 aliphatic carbocycles. The Hall–Kier alpha value is -1.65. The highest BCUT2D eigenvalue weighted by atomic mass is 35.5. The Labute approximate surface area is 120 Å². The van der Waals surface area contributed by atoms with Crippen LogP contribution >= 0.6 is 22.9 Å². The lowest BCUT2D eigenvalue weighted by atomic mass is 10.2. The van der Waals surface area contributed by atoms with Gasteiger partial charge in [0, 0.05) is 0 Å². The molecule has 2 rings (SSSR count). The number of ketones is 1. The average molecular weight is 294 g/mol. The Morgan fingerprint density at radius 1 is 1.32 bits per heavy atom. The number of thiophene rings is 1. The zero-order chi connectivity index (χ0) is 13.5. The zero-order valence-electron chi connectivity index (χ0n) is 10.1. The summed E-state index contributed by atoms with van der Waals surface area (Å²) >= 11 is 7.20. The summed E-state index contributed by atoms with van der Waals surface area (Å²) in [5.41, 5.74) is 1.03. The first-order valence-electron chi connectivity index (χ1n) is 5.71. The van der Waals surface area contributed by atoms with Crippen LogP contribution in [0.15, 0.2) is 46.9 Å². The molecule has 5 heteroatoms. The van der Waals surface area contributed by atoms with Gasteiger partial charge in [-0.05, 0) is 17.0 Å².